The molecule has 0 aromatic carbocycles. The van der Waals surface area contributed by atoms with E-state index in [9.17, 15) is 14.9 Å². The average Bonchev–Trinajstić information content (AvgIpc) is 3.31. The molecule has 9 heteroatoms. The molecular weight excluding hydrogens is 420 g/mol. The zero-order valence-electron chi connectivity index (χ0n) is 19.0. The van der Waals surface area contributed by atoms with Crippen LogP contribution in [0.1, 0.15) is 60.3 Å². The molecule has 2 amide bonds. The third-order valence-electron chi connectivity index (χ3n) is 5.81. The summed E-state index contributed by atoms with van der Waals surface area (Å²) in [7, 11) is 0. The summed E-state index contributed by atoms with van der Waals surface area (Å²) in [6.07, 6.45) is 5.98. The largest absolute Gasteiger partial charge is 0.489 e. The van der Waals surface area contributed by atoms with E-state index in [1.807, 2.05) is 26.0 Å². The number of ether oxygens (including phenoxy) is 1. The lowest BCUT2D eigenvalue weighted by Crippen LogP contribution is -2.40. The molecule has 0 spiro atoms. The van der Waals surface area contributed by atoms with E-state index < -0.39 is 0 Å². The molecule has 4 rings (SSSR count). The van der Waals surface area contributed by atoms with Crippen molar-refractivity contribution in [3.63, 3.8) is 0 Å². The Labute approximate surface area is 193 Å². The topological polar surface area (TPSA) is 111 Å². The van der Waals surface area contributed by atoms with Crippen LogP contribution < -0.4 is 15.0 Å². The van der Waals surface area contributed by atoms with Gasteiger partial charge in [-0.1, -0.05) is 0 Å². The number of aldehydes is 1. The first-order valence-corrected chi connectivity index (χ1v) is 11.3. The van der Waals surface area contributed by atoms with Crippen molar-refractivity contribution in [2.75, 3.05) is 29.9 Å². The summed E-state index contributed by atoms with van der Waals surface area (Å²) in [6.45, 7) is 6.97. The highest BCUT2D eigenvalue weighted by Crippen LogP contribution is 2.29. The van der Waals surface area contributed by atoms with Crippen LogP contribution in [0.25, 0.3) is 0 Å². The summed E-state index contributed by atoms with van der Waals surface area (Å²) in [4.78, 5) is 37.5. The Morgan fingerprint density at radius 2 is 2.06 bits per heavy atom. The number of nitriles is 1. The van der Waals surface area contributed by atoms with Gasteiger partial charge in [0.1, 0.15) is 34.7 Å². The Bertz CT molecular complexity index is 1090. The smallest absolute Gasteiger partial charge is 0.328 e. The SMILES string of the molecule is CC(C)Oc1cc(NC(=O)N2CCCc3cc(CN4CCCC4)c(C=O)nc32)ncc1C#N. The van der Waals surface area contributed by atoms with E-state index >= 15 is 0 Å². The number of pyridine rings is 2. The third-order valence-corrected chi connectivity index (χ3v) is 5.81. The first-order valence-electron chi connectivity index (χ1n) is 11.3. The van der Waals surface area contributed by atoms with Crippen LogP contribution in [0.2, 0.25) is 0 Å². The van der Waals surface area contributed by atoms with E-state index in [0.717, 1.165) is 43.3 Å². The maximum Gasteiger partial charge on any atom is 0.328 e. The van der Waals surface area contributed by atoms with Crippen molar-refractivity contribution in [2.24, 2.45) is 0 Å². The number of rotatable bonds is 6. The Morgan fingerprint density at radius 3 is 2.76 bits per heavy atom. The molecule has 1 fully saturated rings. The molecule has 4 heterocycles. The number of anilines is 2. The second kappa shape index (κ2) is 9.96. The number of amides is 2. The van der Waals surface area contributed by atoms with E-state index in [4.69, 9.17) is 4.74 Å². The molecular formula is C24H28N6O3. The molecule has 0 saturated carbocycles. The third kappa shape index (κ3) is 5.12. The fraction of sp³-hybridized carbons (Fsp3) is 0.458. The van der Waals surface area contributed by atoms with Crippen molar-refractivity contribution >= 4 is 24.0 Å². The summed E-state index contributed by atoms with van der Waals surface area (Å²) < 4.78 is 5.68. The zero-order chi connectivity index (χ0) is 23.4. The van der Waals surface area contributed by atoms with Crippen molar-refractivity contribution in [3.05, 3.63) is 40.7 Å². The van der Waals surface area contributed by atoms with Crippen molar-refractivity contribution in [1.29, 1.82) is 5.26 Å². The number of urea groups is 1. The standard InChI is InChI=1S/C24H28N6O3/c1-16(2)33-21-11-22(26-13-19(21)12-25)28-24(32)30-9-5-6-17-10-18(14-29-7-3-4-8-29)20(15-31)27-23(17)30/h10-11,13,15-16H,3-9,14H2,1-2H3,(H,26,28,32). The second-order valence-electron chi connectivity index (χ2n) is 8.65. The molecule has 0 aliphatic carbocycles. The van der Waals surface area contributed by atoms with Gasteiger partial charge in [-0.2, -0.15) is 5.26 Å². The zero-order valence-corrected chi connectivity index (χ0v) is 19.0. The first-order chi connectivity index (χ1) is 16.0. The van der Waals surface area contributed by atoms with Gasteiger partial charge < -0.3 is 4.74 Å². The summed E-state index contributed by atoms with van der Waals surface area (Å²) >= 11 is 0. The van der Waals surface area contributed by atoms with Crippen LogP contribution in [-0.4, -0.2) is 52.9 Å². The average molecular weight is 449 g/mol. The number of carbonyl (C=O) groups is 2. The number of nitrogens with zero attached hydrogens (tertiary/aromatic N) is 5. The number of nitrogens with one attached hydrogen (secondary N) is 1. The maximum atomic E-state index is 13.1. The fourth-order valence-electron chi connectivity index (χ4n) is 4.28. The molecule has 1 N–H and O–H groups in total. The molecule has 33 heavy (non-hydrogen) atoms. The lowest BCUT2D eigenvalue weighted by molar-refractivity contribution is 0.111. The van der Waals surface area contributed by atoms with E-state index in [1.165, 1.54) is 19.0 Å². The minimum Gasteiger partial charge on any atom is -0.489 e. The monoisotopic (exact) mass is 448 g/mol. The lowest BCUT2D eigenvalue weighted by atomic mass is 10.0. The summed E-state index contributed by atoms with van der Waals surface area (Å²) in [5.41, 5.74) is 2.56. The maximum absolute atomic E-state index is 13.1. The molecule has 172 valence electrons. The molecule has 2 aromatic rings. The molecule has 9 nitrogen and oxygen atoms in total. The van der Waals surface area contributed by atoms with Crippen LogP contribution in [0.5, 0.6) is 5.75 Å². The summed E-state index contributed by atoms with van der Waals surface area (Å²) in [5, 5.41) is 12.1. The Kier molecular flexibility index (Phi) is 6.84. The molecule has 1 saturated heterocycles. The van der Waals surface area contributed by atoms with Gasteiger partial charge >= 0.3 is 6.03 Å². The highest BCUT2D eigenvalue weighted by Gasteiger charge is 2.27. The predicted octanol–water partition coefficient (Wildman–Crippen LogP) is 3.53. The van der Waals surface area contributed by atoms with Gasteiger partial charge in [0, 0.05) is 19.2 Å². The Hall–Kier alpha value is -3.51. The van der Waals surface area contributed by atoms with Crippen molar-refractivity contribution in [1.82, 2.24) is 14.9 Å². The fourth-order valence-corrected chi connectivity index (χ4v) is 4.28. The van der Waals surface area contributed by atoms with Crippen molar-refractivity contribution in [2.45, 2.75) is 52.2 Å². The minimum absolute atomic E-state index is 0.127. The van der Waals surface area contributed by atoms with E-state index in [0.29, 0.717) is 35.9 Å². The van der Waals surface area contributed by atoms with Gasteiger partial charge in [0.25, 0.3) is 0 Å². The van der Waals surface area contributed by atoms with Gasteiger partial charge in [0.15, 0.2) is 6.29 Å². The van der Waals surface area contributed by atoms with Gasteiger partial charge in [-0.3, -0.25) is 19.9 Å². The molecule has 0 unspecified atom stereocenters. The number of fused-ring (bicyclic) bond motifs is 1. The summed E-state index contributed by atoms with van der Waals surface area (Å²) in [5.74, 6) is 1.16. The second-order valence-corrected chi connectivity index (χ2v) is 8.65. The highest BCUT2D eigenvalue weighted by molar-refractivity contribution is 6.01. The van der Waals surface area contributed by atoms with Crippen LogP contribution in [-0.2, 0) is 13.0 Å². The lowest BCUT2D eigenvalue weighted by Gasteiger charge is -2.29. The van der Waals surface area contributed by atoms with Crippen LogP contribution in [0, 0.1) is 11.3 Å². The number of aryl methyl sites for hydroxylation is 1. The van der Waals surface area contributed by atoms with Crippen LogP contribution in [0.3, 0.4) is 0 Å². The van der Waals surface area contributed by atoms with E-state index in [1.54, 1.807) is 11.0 Å². The molecule has 0 atom stereocenters. The van der Waals surface area contributed by atoms with Gasteiger partial charge in [0.05, 0.1) is 12.3 Å². The molecule has 2 aromatic heterocycles. The first kappa shape index (κ1) is 22.7. The Morgan fingerprint density at radius 1 is 1.27 bits per heavy atom. The van der Waals surface area contributed by atoms with E-state index in [2.05, 4.69) is 20.2 Å². The molecule has 2 aliphatic heterocycles. The van der Waals surface area contributed by atoms with Gasteiger partial charge in [-0.15, -0.1) is 0 Å². The number of carbonyl (C=O) groups excluding carboxylic acids is 2. The van der Waals surface area contributed by atoms with E-state index in [-0.39, 0.29) is 18.0 Å². The van der Waals surface area contributed by atoms with Crippen LogP contribution in [0.4, 0.5) is 16.4 Å². The highest BCUT2D eigenvalue weighted by atomic mass is 16.5. The van der Waals surface area contributed by atoms with Gasteiger partial charge in [-0.25, -0.2) is 14.8 Å². The number of likely N-dealkylation sites (tertiary alicyclic amines) is 1. The van der Waals surface area contributed by atoms with Gasteiger partial charge in [-0.05, 0) is 69.8 Å². The quantitative estimate of drug-likeness (QED) is 0.673. The number of hydrogen-bond acceptors (Lipinski definition) is 7. The van der Waals surface area contributed by atoms with Gasteiger partial charge in [0.2, 0.25) is 0 Å². The van der Waals surface area contributed by atoms with Crippen molar-refractivity contribution in [3.8, 4) is 11.8 Å². The summed E-state index contributed by atoms with van der Waals surface area (Å²) in [6, 6.07) is 5.23. The molecule has 0 bridgehead atoms. The van der Waals surface area contributed by atoms with Crippen LogP contribution in [0.15, 0.2) is 18.3 Å². The minimum atomic E-state index is -0.389. The predicted molar refractivity (Wildman–Crippen MR) is 124 cm³/mol. The van der Waals surface area contributed by atoms with Crippen molar-refractivity contribution < 1.29 is 14.3 Å². The molecule has 2 aliphatic rings. The normalized spacial score (nSPS) is 15.8. The number of hydrogen-bond donors (Lipinski definition) is 1. The molecule has 0 radical (unpaired) electrons. The Balaban J connectivity index is 1.56. The number of aromatic nitrogens is 2. The van der Waals surface area contributed by atoms with Crippen LogP contribution >= 0.6 is 0 Å².